The third-order valence-corrected chi connectivity index (χ3v) is 2.36. The van der Waals surface area contributed by atoms with Crippen LogP contribution in [-0.2, 0) is 6.42 Å². The van der Waals surface area contributed by atoms with Crippen LogP contribution in [0, 0.1) is 0 Å². The summed E-state index contributed by atoms with van der Waals surface area (Å²) in [5, 5.41) is 18.8. The van der Waals surface area contributed by atoms with E-state index in [9.17, 15) is 10.2 Å². The smallest absolute Gasteiger partial charge is 0.200 e. The zero-order chi connectivity index (χ0) is 11.4. The molecule has 1 unspecified atom stereocenters. The first kappa shape index (κ1) is 11.7. The molecule has 4 nitrogen and oxygen atoms in total. The molecule has 0 saturated carbocycles. The SMILES string of the molecule is CCC(N)Cc1cc(O)c(O)c(OC)c1. The number of hydrogen-bond donors (Lipinski definition) is 3. The molecule has 0 fully saturated rings. The predicted molar refractivity (Wildman–Crippen MR) is 58.3 cm³/mol. The van der Waals surface area contributed by atoms with E-state index in [1.165, 1.54) is 13.2 Å². The lowest BCUT2D eigenvalue weighted by Gasteiger charge is -2.11. The Morgan fingerprint density at radius 1 is 1.40 bits per heavy atom. The van der Waals surface area contributed by atoms with E-state index < -0.39 is 0 Å². The van der Waals surface area contributed by atoms with Gasteiger partial charge in [-0.3, -0.25) is 0 Å². The fourth-order valence-corrected chi connectivity index (χ4v) is 1.37. The number of phenols is 2. The van der Waals surface area contributed by atoms with E-state index >= 15 is 0 Å². The van der Waals surface area contributed by atoms with Gasteiger partial charge in [0.25, 0.3) is 0 Å². The molecule has 4 N–H and O–H groups in total. The molecule has 0 aromatic heterocycles. The van der Waals surface area contributed by atoms with E-state index in [4.69, 9.17) is 10.5 Å². The summed E-state index contributed by atoms with van der Waals surface area (Å²) in [5.74, 6) is -0.132. The highest BCUT2D eigenvalue weighted by Gasteiger charge is 2.11. The molecule has 0 heterocycles. The Hall–Kier alpha value is -1.42. The van der Waals surface area contributed by atoms with Crippen molar-refractivity contribution in [1.29, 1.82) is 0 Å². The summed E-state index contributed by atoms with van der Waals surface area (Å²) < 4.78 is 4.93. The minimum absolute atomic E-state index is 0.0543. The van der Waals surface area contributed by atoms with Gasteiger partial charge in [0.1, 0.15) is 0 Å². The van der Waals surface area contributed by atoms with Crippen LogP contribution in [0.1, 0.15) is 18.9 Å². The standard InChI is InChI=1S/C11H17NO3/c1-3-8(12)4-7-5-9(13)11(14)10(6-7)15-2/h5-6,8,13-14H,3-4,12H2,1-2H3. The van der Waals surface area contributed by atoms with Gasteiger partial charge in [-0.2, -0.15) is 0 Å². The number of ether oxygens (including phenoxy) is 1. The lowest BCUT2D eigenvalue weighted by atomic mass is 10.0. The molecule has 0 aliphatic rings. The highest BCUT2D eigenvalue weighted by molar-refractivity contribution is 5.52. The molecular formula is C11H17NO3. The number of rotatable bonds is 4. The van der Waals surface area contributed by atoms with Gasteiger partial charge in [0.15, 0.2) is 11.5 Å². The summed E-state index contributed by atoms with van der Waals surface area (Å²) >= 11 is 0. The zero-order valence-corrected chi connectivity index (χ0v) is 9.03. The van der Waals surface area contributed by atoms with Gasteiger partial charge in [-0.25, -0.2) is 0 Å². The molecule has 4 heteroatoms. The van der Waals surface area contributed by atoms with Gasteiger partial charge in [0.2, 0.25) is 5.75 Å². The van der Waals surface area contributed by atoms with Gasteiger partial charge >= 0.3 is 0 Å². The van der Waals surface area contributed by atoms with Crippen LogP contribution in [0.2, 0.25) is 0 Å². The van der Waals surface area contributed by atoms with Crippen molar-refractivity contribution in [2.45, 2.75) is 25.8 Å². The van der Waals surface area contributed by atoms with Crippen molar-refractivity contribution in [3.8, 4) is 17.2 Å². The number of hydrogen-bond acceptors (Lipinski definition) is 4. The van der Waals surface area contributed by atoms with Gasteiger partial charge in [-0.15, -0.1) is 0 Å². The maximum absolute atomic E-state index is 9.43. The Morgan fingerprint density at radius 2 is 2.07 bits per heavy atom. The quantitative estimate of drug-likeness (QED) is 0.658. The number of benzene rings is 1. The van der Waals surface area contributed by atoms with Crippen LogP contribution in [0.5, 0.6) is 17.2 Å². The summed E-state index contributed by atoms with van der Waals surface area (Å²) in [6.45, 7) is 2.00. The molecule has 84 valence electrons. The van der Waals surface area contributed by atoms with Gasteiger partial charge in [-0.05, 0) is 30.5 Å². The maximum atomic E-state index is 9.43. The lowest BCUT2D eigenvalue weighted by Crippen LogP contribution is -2.21. The Labute approximate surface area is 89.3 Å². The third-order valence-electron chi connectivity index (χ3n) is 2.36. The largest absolute Gasteiger partial charge is 0.504 e. The maximum Gasteiger partial charge on any atom is 0.200 e. The highest BCUT2D eigenvalue weighted by atomic mass is 16.5. The minimum Gasteiger partial charge on any atom is -0.504 e. The Balaban J connectivity index is 2.95. The first-order valence-corrected chi connectivity index (χ1v) is 4.92. The molecule has 0 aliphatic heterocycles. The minimum atomic E-state index is -0.230. The van der Waals surface area contributed by atoms with E-state index in [0.29, 0.717) is 6.42 Å². The van der Waals surface area contributed by atoms with Crippen molar-refractivity contribution in [3.05, 3.63) is 17.7 Å². The van der Waals surface area contributed by atoms with E-state index in [2.05, 4.69) is 0 Å². The second kappa shape index (κ2) is 4.89. The molecule has 0 saturated heterocycles. The molecule has 0 aliphatic carbocycles. The van der Waals surface area contributed by atoms with E-state index in [1.54, 1.807) is 6.07 Å². The zero-order valence-electron chi connectivity index (χ0n) is 9.03. The van der Waals surface area contributed by atoms with Crippen LogP contribution >= 0.6 is 0 Å². The van der Waals surface area contributed by atoms with Gasteiger partial charge in [-0.1, -0.05) is 6.92 Å². The molecule has 0 radical (unpaired) electrons. The average molecular weight is 211 g/mol. The topological polar surface area (TPSA) is 75.7 Å². The normalized spacial score (nSPS) is 12.5. The summed E-state index contributed by atoms with van der Waals surface area (Å²) in [5.41, 5.74) is 6.66. The monoisotopic (exact) mass is 211 g/mol. The lowest BCUT2D eigenvalue weighted by molar-refractivity contribution is 0.350. The van der Waals surface area contributed by atoms with Crippen molar-refractivity contribution in [3.63, 3.8) is 0 Å². The predicted octanol–water partition coefficient (Wildman–Crippen LogP) is 1.39. The van der Waals surface area contributed by atoms with Crippen molar-refractivity contribution >= 4 is 0 Å². The summed E-state index contributed by atoms with van der Waals surface area (Å²) in [4.78, 5) is 0. The molecule has 1 aromatic rings. The Morgan fingerprint density at radius 3 is 2.60 bits per heavy atom. The molecule has 15 heavy (non-hydrogen) atoms. The van der Waals surface area contributed by atoms with Crippen LogP contribution in [0.15, 0.2) is 12.1 Å². The van der Waals surface area contributed by atoms with E-state index in [0.717, 1.165) is 12.0 Å². The van der Waals surface area contributed by atoms with Crippen LogP contribution in [0.25, 0.3) is 0 Å². The fraction of sp³-hybridized carbons (Fsp3) is 0.455. The van der Waals surface area contributed by atoms with Gasteiger partial charge in [0, 0.05) is 6.04 Å². The van der Waals surface area contributed by atoms with Crippen LogP contribution in [-0.4, -0.2) is 23.4 Å². The fourth-order valence-electron chi connectivity index (χ4n) is 1.37. The van der Waals surface area contributed by atoms with Crippen molar-refractivity contribution in [2.75, 3.05) is 7.11 Å². The first-order chi connectivity index (χ1) is 7.08. The third kappa shape index (κ3) is 2.76. The van der Waals surface area contributed by atoms with Crippen LogP contribution < -0.4 is 10.5 Å². The summed E-state index contributed by atoms with van der Waals surface area (Å²) in [6, 6.07) is 3.25. The molecule has 0 bridgehead atoms. The molecule has 1 aromatic carbocycles. The highest BCUT2D eigenvalue weighted by Crippen LogP contribution is 2.36. The van der Waals surface area contributed by atoms with Crippen molar-refractivity contribution < 1.29 is 14.9 Å². The summed E-state index contributed by atoms with van der Waals surface area (Å²) in [6.07, 6.45) is 1.52. The second-order valence-corrected chi connectivity index (χ2v) is 3.54. The molecule has 0 spiro atoms. The number of methoxy groups -OCH3 is 1. The van der Waals surface area contributed by atoms with E-state index in [-0.39, 0.29) is 23.3 Å². The van der Waals surface area contributed by atoms with Crippen LogP contribution in [0.3, 0.4) is 0 Å². The summed E-state index contributed by atoms with van der Waals surface area (Å²) in [7, 11) is 1.44. The Kier molecular flexibility index (Phi) is 3.80. The molecular weight excluding hydrogens is 194 g/mol. The average Bonchev–Trinajstić information content (AvgIpc) is 2.22. The molecule has 0 amide bonds. The number of phenolic OH excluding ortho intramolecular Hbond substituents is 2. The van der Waals surface area contributed by atoms with E-state index in [1.807, 2.05) is 6.92 Å². The van der Waals surface area contributed by atoms with Crippen molar-refractivity contribution in [2.24, 2.45) is 5.73 Å². The number of aromatic hydroxyl groups is 2. The Bertz CT molecular complexity index is 339. The number of nitrogens with two attached hydrogens (primary N) is 1. The second-order valence-electron chi connectivity index (χ2n) is 3.54. The van der Waals surface area contributed by atoms with Crippen LogP contribution in [0.4, 0.5) is 0 Å². The van der Waals surface area contributed by atoms with Gasteiger partial charge < -0.3 is 20.7 Å². The van der Waals surface area contributed by atoms with Crippen molar-refractivity contribution in [1.82, 2.24) is 0 Å². The van der Waals surface area contributed by atoms with Gasteiger partial charge in [0.05, 0.1) is 7.11 Å². The molecule has 1 rings (SSSR count). The first-order valence-electron chi connectivity index (χ1n) is 4.92. The molecule has 1 atom stereocenters.